The van der Waals surface area contributed by atoms with Gasteiger partial charge in [-0.15, -0.1) is 0 Å². The van der Waals surface area contributed by atoms with E-state index in [-0.39, 0.29) is 5.78 Å². The number of carbonyl (C=O) groups is 1. The largest absolute Gasteiger partial charge is 0.402 e. The number of benzene rings is 2. The summed E-state index contributed by atoms with van der Waals surface area (Å²) in [6.45, 7) is 0. The second-order valence-electron chi connectivity index (χ2n) is 5.08. The highest BCUT2D eigenvalue weighted by molar-refractivity contribution is 5.94. The van der Waals surface area contributed by atoms with Gasteiger partial charge in [-0.2, -0.15) is 0 Å². The molecule has 0 aliphatic heterocycles. The molecule has 0 aromatic heterocycles. The SMILES string of the molecule is N/C(=C\C(=O)[C@@H](N)Cc1ccccc1)Cc1ccccc1. The molecule has 0 aliphatic rings. The van der Waals surface area contributed by atoms with Crippen molar-refractivity contribution in [1.29, 1.82) is 0 Å². The molecule has 1 atom stereocenters. The number of ketones is 1. The summed E-state index contributed by atoms with van der Waals surface area (Å²) in [5, 5.41) is 0. The molecule has 0 fully saturated rings. The first-order valence-electron chi connectivity index (χ1n) is 6.98. The molecule has 0 unspecified atom stereocenters. The molecule has 2 aromatic rings. The summed E-state index contributed by atoms with van der Waals surface area (Å²) in [7, 11) is 0. The Bertz CT molecular complexity index is 606. The molecule has 3 nitrogen and oxygen atoms in total. The summed E-state index contributed by atoms with van der Waals surface area (Å²) in [5.74, 6) is -0.132. The van der Waals surface area contributed by atoms with Crippen molar-refractivity contribution in [3.05, 3.63) is 83.6 Å². The third-order valence-corrected chi connectivity index (χ3v) is 3.24. The minimum atomic E-state index is -0.554. The van der Waals surface area contributed by atoms with Crippen molar-refractivity contribution in [2.24, 2.45) is 11.5 Å². The Morgan fingerprint density at radius 3 is 2.05 bits per heavy atom. The van der Waals surface area contributed by atoms with Gasteiger partial charge in [0.2, 0.25) is 0 Å². The van der Waals surface area contributed by atoms with Crippen LogP contribution in [0.4, 0.5) is 0 Å². The molecule has 0 saturated carbocycles. The van der Waals surface area contributed by atoms with Crippen molar-refractivity contribution in [2.75, 3.05) is 0 Å². The molecule has 0 saturated heterocycles. The van der Waals surface area contributed by atoms with Crippen LogP contribution in [0.25, 0.3) is 0 Å². The Morgan fingerprint density at radius 1 is 0.952 bits per heavy atom. The average molecular weight is 280 g/mol. The van der Waals surface area contributed by atoms with Gasteiger partial charge in [0.05, 0.1) is 6.04 Å². The summed E-state index contributed by atoms with van der Waals surface area (Å²) >= 11 is 0. The van der Waals surface area contributed by atoms with Crippen LogP contribution in [0.15, 0.2) is 72.4 Å². The van der Waals surface area contributed by atoms with Gasteiger partial charge in [0.1, 0.15) is 0 Å². The van der Waals surface area contributed by atoms with E-state index in [1.54, 1.807) is 0 Å². The highest BCUT2D eigenvalue weighted by atomic mass is 16.1. The zero-order valence-corrected chi connectivity index (χ0v) is 11.9. The number of hydrogen-bond donors (Lipinski definition) is 2. The number of hydrogen-bond acceptors (Lipinski definition) is 3. The fourth-order valence-corrected chi connectivity index (χ4v) is 2.14. The maximum Gasteiger partial charge on any atom is 0.174 e. The molecule has 108 valence electrons. The predicted molar refractivity (Wildman–Crippen MR) is 85.5 cm³/mol. The highest BCUT2D eigenvalue weighted by Gasteiger charge is 2.12. The van der Waals surface area contributed by atoms with Gasteiger partial charge in [-0.3, -0.25) is 4.79 Å². The molecule has 2 aromatic carbocycles. The number of rotatable bonds is 6. The third kappa shape index (κ3) is 4.89. The Labute approximate surface area is 125 Å². The molecule has 0 spiro atoms. The van der Waals surface area contributed by atoms with Crippen LogP contribution in [-0.4, -0.2) is 11.8 Å². The van der Waals surface area contributed by atoms with Crippen LogP contribution in [0, 0.1) is 0 Å². The van der Waals surface area contributed by atoms with Gasteiger partial charge >= 0.3 is 0 Å². The summed E-state index contributed by atoms with van der Waals surface area (Å²) in [5.41, 5.74) is 14.5. The van der Waals surface area contributed by atoms with E-state index < -0.39 is 6.04 Å². The standard InChI is InChI=1S/C18H20N2O/c19-16(11-14-7-3-1-4-8-14)13-18(21)17(20)12-15-9-5-2-6-10-15/h1-10,13,17H,11-12,19-20H2/b16-13-/t17-/m0/s1. The molecular formula is C18H20N2O. The molecule has 0 heterocycles. The molecule has 0 aliphatic carbocycles. The van der Waals surface area contributed by atoms with E-state index in [9.17, 15) is 4.79 Å². The number of carbonyl (C=O) groups excluding carboxylic acids is 1. The van der Waals surface area contributed by atoms with Gasteiger partial charge in [0.25, 0.3) is 0 Å². The lowest BCUT2D eigenvalue weighted by molar-refractivity contribution is -0.115. The summed E-state index contributed by atoms with van der Waals surface area (Å²) in [4.78, 5) is 12.1. The van der Waals surface area contributed by atoms with E-state index in [0.29, 0.717) is 18.5 Å². The molecule has 3 heteroatoms. The highest BCUT2D eigenvalue weighted by Crippen LogP contribution is 2.06. The minimum absolute atomic E-state index is 0.132. The topological polar surface area (TPSA) is 69.1 Å². The smallest absolute Gasteiger partial charge is 0.174 e. The first kappa shape index (κ1) is 15.0. The molecule has 0 radical (unpaired) electrons. The van der Waals surface area contributed by atoms with Crippen LogP contribution in [-0.2, 0) is 17.6 Å². The van der Waals surface area contributed by atoms with E-state index in [0.717, 1.165) is 11.1 Å². The van der Waals surface area contributed by atoms with E-state index >= 15 is 0 Å². The average Bonchev–Trinajstić information content (AvgIpc) is 2.49. The lowest BCUT2D eigenvalue weighted by Gasteiger charge is -2.09. The molecule has 0 amide bonds. The zero-order chi connectivity index (χ0) is 15.1. The lowest BCUT2D eigenvalue weighted by Crippen LogP contribution is -2.32. The quantitative estimate of drug-likeness (QED) is 0.797. The van der Waals surface area contributed by atoms with Crippen molar-refractivity contribution in [1.82, 2.24) is 0 Å². The second-order valence-corrected chi connectivity index (χ2v) is 5.08. The summed E-state index contributed by atoms with van der Waals surface area (Å²) in [6.07, 6.45) is 2.54. The molecular weight excluding hydrogens is 260 g/mol. The minimum Gasteiger partial charge on any atom is -0.402 e. The molecule has 21 heavy (non-hydrogen) atoms. The van der Waals surface area contributed by atoms with Crippen molar-refractivity contribution in [3.8, 4) is 0 Å². The second kappa shape index (κ2) is 7.41. The Hall–Kier alpha value is -2.39. The van der Waals surface area contributed by atoms with Crippen molar-refractivity contribution < 1.29 is 4.79 Å². The van der Waals surface area contributed by atoms with Gasteiger partial charge < -0.3 is 11.5 Å². The monoisotopic (exact) mass is 280 g/mol. The fraction of sp³-hybridized carbons (Fsp3) is 0.167. The normalized spacial score (nSPS) is 12.9. The predicted octanol–water partition coefficient (Wildman–Crippen LogP) is 2.21. The van der Waals surface area contributed by atoms with Crippen LogP contribution in [0.5, 0.6) is 0 Å². The van der Waals surface area contributed by atoms with Crippen LogP contribution in [0.1, 0.15) is 11.1 Å². The van der Waals surface area contributed by atoms with Gasteiger partial charge in [-0.1, -0.05) is 60.7 Å². The van der Waals surface area contributed by atoms with Crippen LogP contribution < -0.4 is 11.5 Å². The van der Waals surface area contributed by atoms with Crippen molar-refractivity contribution in [3.63, 3.8) is 0 Å². The van der Waals surface area contributed by atoms with E-state index in [2.05, 4.69) is 0 Å². The Morgan fingerprint density at radius 2 is 1.48 bits per heavy atom. The van der Waals surface area contributed by atoms with Gasteiger partial charge in [-0.25, -0.2) is 0 Å². The van der Waals surface area contributed by atoms with Crippen LogP contribution >= 0.6 is 0 Å². The van der Waals surface area contributed by atoms with Crippen molar-refractivity contribution >= 4 is 5.78 Å². The number of allylic oxidation sites excluding steroid dienone is 1. The summed E-state index contributed by atoms with van der Waals surface area (Å²) in [6, 6.07) is 19.0. The number of nitrogens with two attached hydrogens (primary N) is 2. The lowest BCUT2D eigenvalue weighted by atomic mass is 10.0. The maximum atomic E-state index is 12.1. The zero-order valence-electron chi connectivity index (χ0n) is 11.9. The van der Waals surface area contributed by atoms with E-state index in [1.807, 2.05) is 60.7 Å². The Kier molecular flexibility index (Phi) is 5.29. The first-order valence-corrected chi connectivity index (χ1v) is 6.98. The van der Waals surface area contributed by atoms with Gasteiger partial charge in [0, 0.05) is 18.2 Å². The molecule has 4 N–H and O–H groups in total. The third-order valence-electron chi connectivity index (χ3n) is 3.24. The van der Waals surface area contributed by atoms with Gasteiger partial charge in [0.15, 0.2) is 5.78 Å². The maximum absolute atomic E-state index is 12.1. The Balaban J connectivity index is 1.94. The van der Waals surface area contributed by atoms with E-state index in [4.69, 9.17) is 11.5 Å². The first-order chi connectivity index (χ1) is 10.1. The van der Waals surface area contributed by atoms with Crippen LogP contribution in [0.2, 0.25) is 0 Å². The van der Waals surface area contributed by atoms with Crippen LogP contribution in [0.3, 0.4) is 0 Å². The van der Waals surface area contributed by atoms with Crippen molar-refractivity contribution in [2.45, 2.75) is 18.9 Å². The fourth-order valence-electron chi connectivity index (χ4n) is 2.14. The van der Waals surface area contributed by atoms with Gasteiger partial charge in [-0.05, 0) is 17.5 Å². The summed E-state index contributed by atoms with van der Waals surface area (Å²) < 4.78 is 0. The molecule has 2 rings (SSSR count). The molecule has 0 bridgehead atoms. The van der Waals surface area contributed by atoms with E-state index in [1.165, 1.54) is 6.08 Å².